The Morgan fingerprint density at radius 3 is 2.88 bits per heavy atom. The van der Waals surface area contributed by atoms with Crippen molar-refractivity contribution >= 4 is 11.7 Å². The van der Waals surface area contributed by atoms with Gasteiger partial charge in [0.05, 0.1) is 6.20 Å². The highest BCUT2D eigenvalue weighted by molar-refractivity contribution is 5.77. The van der Waals surface area contributed by atoms with E-state index in [4.69, 9.17) is 5.73 Å². The van der Waals surface area contributed by atoms with E-state index in [9.17, 15) is 4.79 Å². The molecule has 26 heavy (non-hydrogen) atoms. The van der Waals surface area contributed by atoms with Crippen LogP contribution in [0.1, 0.15) is 31.0 Å². The monoisotopic (exact) mass is 351 g/mol. The standard InChI is InChI=1S/C20H25N5O/c1-3-10-24(20(21)26)11-5-7-16-6-4-8-17(13-16)18-14-22-25-12-9-15(2)23-19(18)25/h4,6,8-9,12-14H,3,5,7,10-11H2,1-2H3,(H2,21,26). The van der Waals surface area contributed by atoms with Gasteiger partial charge in [-0.2, -0.15) is 5.10 Å². The third kappa shape index (κ3) is 4.02. The van der Waals surface area contributed by atoms with Crippen LogP contribution in [-0.4, -0.2) is 38.6 Å². The number of urea groups is 1. The summed E-state index contributed by atoms with van der Waals surface area (Å²) in [6.07, 6.45) is 6.49. The molecule has 2 heterocycles. The van der Waals surface area contributed by atoms with Crippen molar-refractivity contribution in [2.45, 2.75) is 33.1 Å². The smallest absolute Gasteiger partial charge is 0.314 e. The third-order valence-electron chi connectivity index (χ3n) is 4.45. The van der Waals surface area contributed by atoms with E-state index >= 15 is 0 Å². The summed E-state index contributed by atoms with van der Waals surface area (Å²) in [7, 11) is 0. The average molecular weight is 351 g/mol. The Labute approximate surface area is 153 Å². The van der Waals surface area contributed by atoms with Crippen molar-refractivity contribution in [1.82, 2.24) is 19.5 Å². The summed E-state index contributed by atoms with van der Waals surface area (Å²) in [5, 5.41) is 4.39. The fourth-order valence-electron chi connectivity index (χ4n) is 3.13. The first-order chi connectivity index (χ1) is 12.6. The minimum atomic E-state index is -0.339. The zero-order chi connectivity index (χ0) is 18.5. The van der Waals surface area contributed by atoms with E-state index in [1.165, 1.54) is 5.56 Å². The molecule has 136 valence electrons. The van der Waals surface area contributed by atoms with Crippen LogP contribution in [0.2, 0.25) is 0 Å². The Bertz CT molecular complexity index is 902. The lowest BCUT2D eigenvalue weighted by atomic mass is 10.0. The predicted octanol–water partition coefficient (Wildman–Crippen LogP) is 3.43. The molecule has 1 aromatic carbocycles. The Balaban J connectivity index is 1.74. The van der Waals surface area contributed by atoms with Gasteiger partial charge in [0.1, 0.15) is 0 Å². The second-order valence-electron chi connectivity index (χ2n) is 6.52. The van der Waals surface area contributed by atoms with E-state index in [0.717, 1.165) is 41.7 Å². The molecule has 3 aromatic rings. The number of hydrogen-bond acceptors (Lipinski definition) is 3. The van der Waals surface area contributed by atoms with Crippen molar-refractivity contribution in [2.24, 2.45) is 5.73 Å². The first kappa shape index (κ1) is 17.9. The SMILES string of the molecule is CCCN(CCCc1cccc(-c2cnn3ccc(C)nc23)c1)C(N)=O. The normalized spacial score (nSPS) is 11.0. The largest absolute Gasteiger partial charge is 0.351 e. The van der Waals surface area contributed by atoms with Gasteiger partial charge in [-0.05, 0) is 43.4 Å². The van der Waals surface area contributed by atoms with E-state index in [2.05, 4.69) is 34.3 Å². The molecule has 0 fully saturated rings. The molecule has 2 N–H and O–H groups in total. The van der Waals surface area contributed by atoms with Crippen LogP contribution in [0.3, 0.4) is 0 Å². The van der Waals surface area contributed by atoms with Gasteiger partial charge in [-0.25, -0.2) is 14.3 Å². The summed E-state index contributed by atoms with van der Waals surface area (Å²) >= 11 is 0. The number of amides is 2. The summed E-state index contributed by atoms with van der Waals surface area (Å²) in [5.74, 6) is 0. The molecule has 0 radical (unpaired) electrons. The summed E-state index contributed by atoms with van der Waals surface area (Å²) in [4.78, 5) is 17.7. The van der Waals surface area contributed by atoms with Gasteiger partial charge in [0, 0.05) is 30.5 Å². The van der Waals surface area contributed by atoms with Gasteiger partial charge in [-0.3, -0.25) is 0 Å². The van der Waals surface area contributed by atoms with E-state index in [1.807, 2.05) is 32.3 Å². The average Bonchev–Trinajstić information content (AvgIpc) is 3.04. The van der Waals surface area contributed by atoms with Gasteiger partial charge in [0.15, 0.2) is 5.65 Å². The number of carbonyl (C=O) groups is 1. The lowest BCUT2D eigenvalue weighted by Gasteiger charge is -2.19. The minimum absolute atomic E-state index is 0.339. The fourth-order valence-corrected chi connectivity index (χ4v) is 3.13. The predicted molar refractivity (Wildman–Crippen MR) is 103 cm³/mol. The van der Waals surface area contributed by atoms with Gasteiger partial charge >= 0.3 is 6.03 Å². The minimum Gasteiger partial charge on any atom is -0.351 e. The van der Waals surface area contributed by atoms with Gasteiger partial charge < -0.3 is 10.6 Å². The van der Waals surface area contributed by atoms with Crippen LogP contribution in [0.15, 0.2) is 42.7 Å². The molecule has 6 heteroatoms. The second-order valence-corrected chi connectivity index (χ2v) is 6.52. The Morgan fingerprint density at radius 1 is 1.27 bits per heavy atom. The third-order valence-corrected chi connectivity index (χ3v) is 4.45. The summed E-state index contributed by atoms with van der Waals surface area (Å²) in [5.41, 5.74) is 10.6. The van der Waals surface area contributed by atoms with Gasteiger partial charge in [0.2, 0.25) is 0 Å². The molecular formula is C20H25N5O. The van der Waals surface area contributed by atoms with Crippen LogP contribution in [0.5, 0.6) is 0 Å². The number of aromatic nitrogens is 3. The Kier molecular flexibility index (Phi) is 5.51. The van der Waals surface area contributed by atoms with E-state index in [0.29, 0.717) is 13.1 Å². The zero-order valence-corrected chi connectivity index (χ0v) is 15.4. The Hall–Kier alpha value is -2.89. The molecule has 0 saturated heterocycles. The fraction of sp³-hybridized carbons (Fsp3) is 0.350. The summed E-state index contributed by atoms with van der Waals surface area (Å²) < 4.78 is 1.80. The molecule has 3 rings (SSSR count). The van der Waals surface area contributed by atoms with Crippen LogP contribution in [0.25, 0.3) is 16.8 Å². The Morgan fingerprint density at radius 2 is 2.12 bits per heavy atom. The lowest BCUT2D eigenvalue weighted by molar-refractivity contribution is 0.207. The number of carbonyl (C=O) groups excluding carboxylic acids is 1. The van der Waals surface area contributed by atoms with Gasteiger partial charge in [-0.1, -0.05) is 31.2 Å². The summed E-state index contributed by atoms with van der Waals surface area (Å²) in [6.45, 7) is 5.42. The topological polar surface area (TPSA) is 76.5 Å². The molecule has 6 nitrogen and oxygen atoms in total. The van der Waals surface area contributed by atoms with Crippen molar-refractivity contribution in [3.63, 3.8) is 0 Å². The van der Waals surface area contributed by atoms with Crippen LogP contribution in [-0.2, 0) is 6.42 Å². The van der Waals surface area contributed by atoms with Gasteiger partial charge in [-0.15, -0.1) is 0 Å². The van der Waals surface area contributed by atoms with Crippen molar-refractivity contribution in [3.8, 4) is 11.1 Å². The first-order valence-corrected chi connectivity index (χ1v) is 9.03. The van der Waals surface area contributed by atoms with Gasteiger partial charge in [0.25, 0.3) is 0 Å². The number of fused-ring (bicyclic) bond motifs is 1. The molecule has 0 atom stereocenters. The van der Waals surface area contributed by atoms with Crippen molar-refractivity contribution in [3.05, 3.63) is 54.0 Å². The number of primary amides is 1. The summed E-state index contributed by atoms with van der Waals surface area (Å²) in [6, 6.07) is 10.0. The molecule has 2 amide bonds. The van der Waals surface area contributed by atoms with Crippen molar-refractivity contribution < 1.29 is 4.79 Å². The molecule has 0 bridgehead atoms. The quantitative estimate of drug-likeness (QED) is 0.708. The van der Waals surface area contributed by atoms with Crippen molar-refractivity contribution in [2.75, 3.05) is 13.1 Å². The maximum atomic E-state index is 11.4. The molecule has 0 aliphatic rings. The van der Waals surface area contributed by atoms with Crippen LogP contribution in [0.4, 0.5) is 4.79 Å². The highest BCUT2D eigenvalue weighted by Gasteiger charge is 2.10. The van der Waals surface area contributed by atoms with Crippen molar-refractivity contribution in [1.29, 1.82) is 0 Å². The number of aryl methyl sites for hydroxylation is 2. The number of nitrogens with zero attached hydrogens (tertiary/aromatic N) is 4. The second kappa shape index (κ2) is 7.99. The molecule has 0 aliphatic carbocycles. The highest BCUT2D eigenvalue weighted by Crippen LogP contribution is 2.24. The number of nitrogens with two attached hydrogens (primary N) is 1. The van der Waals surface area contributed by atoms with Crippen LogP contribution >= 0.6 is 0 Å². The van der Waals surface area contributed by atoms with E-state index < -0.39 is 0 Å². The molecule has 2 aromatic heterocycles. The first-order valence-electron chi connectivity index (χ1n) is 9.03. The maximum Gasteiger partial charge on any atom is 0.314 e. The van der Waals surface area contributed by atoms with Crippen LogP contribution < -0.4 is 5.73 Å². The lowest BCUT2D eigenvalue weighted by Crippen LogP contribution is -2.37. The van der Waals surface area contributed by atoms with E-state index in [-0.39, 0.29) is 6.03 Å². The molecule has 0 aliphatic heterocycles. The molecule has 0 spiro atoms. The molecule has 0 saturated carbocycles. The number of benzene rings is 1. The number of hydrogen-bond donors (Lipinski definition) is 1. The zero-order valence-electron chi connectivity index (χ0n) is 15.4. The van der Waals surface area contributed by atoms with Crippen LogP contribution in [0, 0.1) is 6.92 Å². The number of rotatable bonds is 7. The molecule has 0 unspecified atom stereocenters. The van der Waals surface area contributed by atoms with E-state index in [1.54, 1.807) is 9.42 Å². The molecular weight excluding hydrogens is 326 g/mol. The maximum absolute atomic E-state index is 11.4. The highest BCUT2D eigenvalue weighted by atomic mass is 16.2.